The van der Waals surface area contributed by atoms with Crippen molar-refractivity contribution in [2.24, 2.45) is 0 Å². The molecule has 0 aliphatic carbocycles. The topological polar surface area (TPSA) is 12.0 Å². The fraction of sp³-hybridized carbons (Fsp3) is 0.0769. The minimum Gasteiger partial charge on any atom is -0.380 e. The maximum Gasteiger partial charge on any atom is 0.142 e. The molecule has 1 nitrogen and oxygen atoms in total. The van der Waals surface area contributed by atoms with Crippen molar-refractivity contribution in [3.63, 3.8) is 0 Å². The Morgan fingerprint density at radius 1 is 1.22 bits per heavy atom. The van der Waals surface area contributed by atoms with Gasteiger partial charge in [-0.3, -0.25) is 0 Å². The van der Waals surface area contributed by atoms with Gasteiger partial charge in [-0.25, -0.2) is 4.39 Å². The van der Waals surface area contributed by atoms with E-state index in [-0.39, 0.29) is 5.02 Å². The summed E-state index contributed by atoms with van der Waals surface area (Å²) in [5.41, 5.74) is 1.83. The highest BCUT2D eigenvalue weighted by Gasteiger charge is 2.03. The molecule has 94 valence electrons. The molecule has 2 aromatic carbocycles. The lowest BCUT2D eigenvalue weighted by molar-refractivity contribution is 0.626. The van der Waals surface area contributed by atoms with Crippen molar-refractivity contribution in [3.8, 4) is 0 Å². The second-order valence-electron chi connectivity index (χ2n) is 3.73. The zero-order valence-electron chi connectivity index (χ0n) is 9.18. The molecular formula is C13H9BrClFIN. The Kier molecular flexibility index (Phi) is 4.86. The molecule has 2 rings (SSSR count). The average molecular weight is 440 g/mol. The van der Waals surface area contributed by atoms with Crippen LogP contribution in [0, 0.1) is 9.39 Å². The molecule has 0 aliphatic rings. The van der Waals surface area contributed by atoms with Crippen molar-refractivity contribution in [2.45, 2.75) is 6.54 Å². The maximum absolute atomic E-state index is 13.3. The second-order valence-corrected chi connectivity index (χ2v) is 6.23. The van der Waals surface area contributed by atoms with E-state index in [0.717, 1.165) is 19.3 Å². The van der Waals surface area contributed by atoms with Gasteiger partial charge in [0.1, 0.15) is 5.82 Å². The van der Waals surface area contributed by atoms with Gasteiger partial charge >= 0.3 is 0 Å². The van der Waals surface area contributed by atoms with E-state index < -0.39 is 5.82 Å². The number of rotatable bonds is 3. The summed E-state index contributed by atoms with van der Waals surface area (Å²) in [4.78, 5) is 0. The quantitative estimate of drug-likeness (QED) is 0.625. The van der Waals surface area contributed by atoms with Gasteiger partial charge in [-0.2, -0.15) is 0 Å². The summed E-state index contributed by atoms with van der Waals surface area (Å²) < 4.78 is 15.4. The highest BCUT2D eigenvalue weighted by atomic mass is 127. The van der Waals surface area contributed by atoms with E-state index >= 15 is 0 Å². The lowest BCUT2D eigenvalue weighted by atomic mass is 10.2. The Morgan fingerprint density at radius 3 is 2.72 bits per heavy atom. The lowest BCUT2D eigenvalue weighted by Gasteiger charge is -2.09. The van der Waals surface area contributed by atoms with Gasteiger partial charge in [-0.05, 0) is 74.4 Å². The van der Waals surface area contributed by atoms with E-state index in [1.165, 1.54) is 6.07 Å². The summed E-state index contributed by atoms with van der Waals surface area (Å²) in [6.45, 7) is 0.548. The highest BCUT2D eigenvalue weighted by molar-refractivity contribution is 14.1. The van der Waals surface area contributed by atoms with E-state index in [4.69, 9.17) is 11.6 Å². The van der Waals surface area contributed by atoms with Gasteiger partial charge in [0.15, 0.2) is 0 Å². The molecule has 18 heavy (non-hydrogen) atoms. The van der Waals surface area contributed by atoms with Gasteiger partial charge in [0, 0.05) is 20.3 Å². The first kappa shape index (κ1) is 14.1. The number of halogens is 4. The van der Waals surface area contributed by atoms with E-state index in [9.17, 15) is 4.39 Å². The van der Waals surface area contributed by atoms with Crippen molar-refractivity contribution in [1.82, 2.24) is 0 Å². The van der Waals surface area contributed by atoms with Gasteiger partial charge in [-0.1, -0.05) is 17.7 Å². The van der Waals surface area contributed by atoms with Crippen LogP contribution in [0.25, 0.3) is 0 Å². The SMILES string of the molecule is Fc1cc(CNc2cc(I)ccc2Br)ccc1Cl. The molecule has 0 aromatic heterocycles. The largest absolute Gasteiger partial charge is 0.380 e. The van der Waals surface area contributed by atoms with E-state index in [2.05, 4.69) is 43.8 Å². The summed E-state index contributed by atoms with van der Waals surface area (Å²) in [5, 5.41) is 3.40. The fourth-order valence-electron chi connectivity index (χ4n) is 1.48. The van der Waals surface area contributed by atoms with Gasteiger partial charge in [0.2, 0.25) is 0 Å². The third-order valence-corrected chi connectivity index (χ3v) is 4.06. The van der Waals surface area contributed by atoms with Crippen LogP contribution in [0.2, 0.25) is 5.02 Å². The molecule has 2 aromatic rings. The minimum absolute atomic E-state index is 0.147. The van der Waals surface area contributed by atoms with Crippen molar-refractivity contribution in [2.75, 3.05) is 5.32 Å². The smallest absolute Gasteiger partial charge is 0.142 e. The average Bonchev–Trinajstić information content (AvgIpc) is 2.34. The summed E-state index contributed by atoms with van der Waals surface area (Å²) >= 11 is 11.4. The molecule has 0 spiro atoms. The number of anilines is 1. The molecule has 0 aliphatic heterocycles. The van der Waals surface area contributed by atoms with Crippen LogP contribution in [0.5, 0.6) is 0 Å². The molecule has 0 amide bonds. The number of nitrogens with one attached hydrogen (secondary N) is 1. The van der Waals surface area contributed by atoms with Crippen LogP contribution < -0.4 is 5.32 Å². The fourth-order valence-corrected chi connectivity index (χ4v) is 2.48. The van der Waals surface area contributed by atoms with E-state index in [1.807, 2.05) is 18.2 Å². The van der Waals surface area contributed by atoms with Crippen molar-refractivity contribution in [3.05, 3.63) is 60.8 Å². The van der Waals surface area contributed by atoms with Gasteiger partial charge in [0.25, 0.3) is 0 Å². The van der Waals surface area contributed by atoms with Crippen LogP contribution in [0.1, 0.15) is 5.56 Å². The summed E-state index contributed by atoms with van der Waals surface area (Å²) in [7, 11) is 0. The monoisotopic (exact) mass is 439 g/mol. The zero-order valence-corrected chi connectivity index (χ0v) is 13.7. The molecular weight excluding hydrogens is 431 g/mol. The molecule has 0 fully saturated rings. The highest BCUT2D eigenvalue weighted by Crippen LogP contribution is 2.25. The maximum atomic E-state index is 13.3. The minimum atomic E-state index is -0.391. The molecule has 0 unspecified atom stereocenters. The predicted molar refractivity (Wildman–Crippen MR) is 85.6 cm³/mol. The lowest BCUT2D eigenvalue weighted by Crippen LogP contribution is -2.00. The number of hydrogen-bond acceptors (Lipinski definition) is 1. The standard InChI is InChI=1S/C13H9BrClFIN/c14-10-3-2-9(17)6-13(10)18-7-8-1-4-11(15)12(16)5-8/h1-6,18H,7H2. The predicted octanol–water partition coefficient (Wildman–Crippen LogP) is 5.46. The Balaban J connectivity index is 2.11. The Morgan fingerprint density at radius 2 is 2.00 bits per heavy atom. The molecule has 0 radical (unpaired) electrons. The Labute approximate surface area is 132 Å². The first-order chi connectivity index (χ1) is 8.56. The molecule has 0 saturated carbocycles. The molecule has 0 atom stereocenters. The van der Waals surface area contributed by atoms with Gasteiger partial charge < -0.3 is 5.32 Å². The second kappa shape index (κ2) is 6.21. The molecule has 0 heterocycles. The number of hydrogen-bond donors (Lipinski definition) is 1. The van der Waals surface area contributed by atoms with Crippen molar-refractivity contribution in [1.29, 1.82) is 0 Å². The van der Waals surface area contributed by atoms with E-state index in [1.54, 1.807) is 12.1 Å². The van der Waals surface area contributed by atoms with E-state index in [0.29, 0.717) is 6.54 Å². The molecule has 0 bridgehead atoms. The summed E-state index contributed by atoms with van der Waals surface area (Å²) in [5.74, 6) is -0.391. The van der Waals surface area contributed by atoms with Gasteiger partial charge in [-0.15, -0.1) is 0 Å². The third-order valence-electron chi connectivity index (χ3n) is 2.40. The zero-order chi connectivity index (χ0) is 13.1. The Hall–Kier alpha value is -0.330. The third kappa shape index (κ3) is 3.59. The normalized spacial score (nSPS) is 10.4. The molecule has 1 N–H and O–H groups in total. The van der Waals surface area contributed by atoms with Gasteiger partial charge in [0.05, 0.1) is 5.02 Å². The first-order valence-corrected chi connectivity index (χ1v) is 7.44. The van der Waals surface area contributed by atoms with Crippen molar-refractivity contribution < 1.29 is 4.39 Å². The van der Waals surface area contributed by atoms with Crippen LogP contribution in [0.3, 0.4) is 0 Å². The molecule has 0 saturated heterocycles. The molecule has 5 heteroatoms. The Bertz CT molecular complexity index is 577. The summed E-state index contributed by atoms with van der Waals surface area (Å²) in [6, 6.07) is 10.8. The van der Waals surface area contributed by atoms with Crippen LogP contribution in [-0.2, 0) is 6.54 Å². The first-order valence-electron chi connectivity index (χ1n) is 5.19. The number of benzene rings is 2. The summed E-state index contributed by atoms with van der Waals surface area (Å²) in [6.07, 6.45) is 0. The van der Waals surface area contributed by atoms with Crippen LogP contribution in [-0.4, -0.2) is 0 Å². The van der Waals surface area contributed by atoms with Crippen LogP contribution >= 0.6 is 50.1 Å². The van der Waals surface area contributed by atoms with Crippen LogP contribution in [0.15, 0.2) is 40.9 Å². The van der Waals surface area contributed by atoms with Crippen LogP contribution in [0.4, 0.5) is 10.1 Å². The van der Waals surface area contributed by atoms with Crippen molar-refractivity contribution >= 4 is 55.8 Å².